The van der Waals surface area contributed by atoms with Gasteiger partial charge >= 0.3 is 5.97 Å². The van der Waals surface area contributed by atoms with Crippen molar-refractivity contribution >= 4 is 27.5 Å². The van der Waals surface area contributed by atoms with Crippen LogP contribution in [0, 0.1) is 0 Å². The highest BCUT2D eigenvalue weighted by Gasteiger charge is 2.29. The lowest BCUT2D eigenvalue weighted by Gasteiger charge is -2.20. The number of hydrogen-bond donors (Lipinski definition) is 0. The zero-order valence-corrected chi connectivity index (χ0v) is 17.1. The lowest BCUT2D eigenvalue weighted by atomic mass is 9.97. The Kier molecular flexibility index (Phi) is 5.31. The van der Waals surface area contributed by atoms with E-state index in [9.17, 15) is 9.59 Å². The zero-order valence-electron chi connectivity index (χ0n) is 16.2. The zero-order chi connectivity index (χ0) is 19.7. The maximum atomic E-state index is 13.7. The number of carbonyl (C=O) groups excluding carboxylic acids is 1. The first-order chi connectivity index (χ1) is 13.7. The summed E-state index contributed by atoms with van der Waals surface area (Å²) in [5.74, 6) is 0.158. The summed E-state index contributed by atoms with van der Waals surface area (Å²) in [5.41, 5.74) is 1.84. The van der Waals surface area contributed by atoms with Gasteiger partial charge in [-0.15, -0.1) is 11.3 Å². The van der Waals surface area contributed by atoms with Gasteiger partial charge in [0.05, 0.1) is 12.0 Å². The number of rotatable bonds is 5. The van der Waals surface area contributed by atoms with Crippen LogP contribution < -0.4 is 5.56 Å². The summed E-state index contributed by atoms with van der Waals surface area (Å²) in [6.45, 7) is 3.96. The molecule has 146 valence electrons. The first-order valence-electron chi connectivity index (χ1n) is 9.94. The standard InChI is InChI=1S/C22H24N2O3S/c1-3-16(22(26)27-4-2)24-19(14-10-6-5-7-11-14)23-20-18(21(24)25)15-12-8-9-13-17(15)28-20/h5-7,10-11,16H,3-4,8-9,12-13H2,1-2H3. The Morgan fingerprint density at radius 2 is 1.96 bits per heavy atom. The molecule has 1 aliphatic carbocycles. The van der Waals surface area contributed by atoms with Crippen molar-refractivity contribution in [3.8, 4) is 11.4 Å². The lowest BCUT2D eigenvalue weighted by Crippen LogP contribution is -2.33. The summed E-state index contributed by atoms with van der Waals surface area (Å²) in [5, 5.41) is 0.696. The Bertz CT molecular complexity index is 1070. The molecule has 2 heterocycles. The minimum Gasteiger partial charge on any atom is -0.464 e. The number of ether oxygens (including phenoxy) is 1. The number of fused-ring (bicyclic) bond motifs is 3. The van der Waals surface area contributed by atoms with Gasteiger partial charge in [-0.3, -0.25) is 9.36 Å². The number of aromatic nitrogens is 2. The molecule has 0 saturated carbocycles. The Morgan fingerprint density at radius 3 is 2.68 bits per heavy atom. The predicted octanol–water partition coefficient (Wildman–Crippen LogP) is 4.52. The van der Waals surface area contributed by atoms with Crippen LogP contribution in [0.4, 0.5) is 0 Å². The molecule has 0 spiro atoms. The molecular weight excluding hydrogens is 372 g/mol. The second-order valence-corrected chi connectivity index (χ2v) is 8.13. The van der Waals surface area contributed by atoms with Gasteiger partial charge in [0, 0.05) is 10.4 Å². The smallest absolute Gasteiger partial charge is 0.329 e. The van der Waals surface area contributed by atoms with Gasteiger partial charge in [0.1, 0.15) is 16.7 Å². The fourth-order valence-electron chi connectivity index (χ4n) is 3.99. The van der Waals surface area contributed by atoms with Crippen molar-refractivity contribution in [3.63, 3.8) is 0 Å². The number of esters is 1. The molecule has 28 heavy (non-hydrogen) atoms. The van der Waals surface area contributed by atoms with Crippen LogP contribution in [0.3, 0.4) is 0 Å². The van der Waals surface area contributed by atoms with Crippen molar-refractivity contribution in [3.05, 3.63) is 51.1 Å². The van der Waals surface area contributed by atoms with E-state index < -0.39 is 6.04 Å². The predicted molar refractivity (Wildman–Crippen MR) is 112 cm³/mol. The van der Waals surface area contributed by atoms with E-state index in [0.29, 0.717) is 17.6 Å². The van der Waals surface area contributed by atoms with Crippen molar-refractivity contribution in [2.45, 2.75) is 52.0 Å². The minimum absolute atomic E-state index is 0.122. The molecule has 1 atom stereocenters. The van der Waals surface area contributed by atoms with E-state index >= 15 is 0 Å². The van der Waals surface area contributed by atoms with Crippen molar-refractivity contribution in [1.82, 2.24) is 9.55 Å². The molecule has 6 heteroatoms. The summed E-state index contributed by atoms with van der Waals surface area (Å²) in [4.78, 5) is 33.3. The van der Waals surface area contributed by atoms with E-state index in [1.165, 1.54) is 4.88 Å². The average molecular weight is 397 g/mol. The molecule has 1 unspecified atom stereocenters. The van der Waals surface area contributed by atoms with E-state index in [0.717, 1.165) is 41.6 Å². The van der Waals surface area contributed by atoms with Gasteiger partial charge in [-0.25, -0.2) is 9.78 Å². The van der Waals surface area contributed by atoms with Crippen LogP contribution in [-0.4, -0.2) is 22.1 Å². The first kappa shape index (κ1) is 18.9. The third-order valence-corrected chi connectivity index (χ3v) is 6.50. The van der Waals surface area contributed by atoms with E-state index in [1.807, 2.05) is 37.3 Å². The topological polar surface area (TPSA) is 61.2 Å². The molecule has 0 bridgehead atoms. The van der Waals surface area contributed by atoms with Gasteiger partial charge in [-0.05, 0) is 44.6 Å². The molecule has 0 aliphatic heterocycles. The second kappa shape index (κ2) is 7.87. The number of nitrogens with zero attached hydrogens (tertiary/aromatic N) is 2. The number of benzene rings is 1. The van der Waals surface area contributed by atoms with E-state index in [1.54, 1.807) is 22.8 Å². The summed E-state index contributed by atoms with van der Waals surface area (Å²) in [6, 6.07) is 8.93. The Hall–Kier alpha value is -2.47. The van der Waals surface area contributed by atoms with Gasteiger partial charge in [0.25, 0.3) is 5.56 Å². The van der Waals surface area contributed by atoms with Crippen molar-refractivity contribution < 1.29 is 9.53 Å². The van der Waals surface area contributed by atoms with E-state index in [2.05, 4.69) is 0 Å². The summed E-state index contributed by atoms with van der Waals surface area (Å²) >= 11 is 1.63. The summed E-state index contributed by atoms with van der Waals surface area (Å²) < 4.78 is 6.84. The van der Waals surface area contributed by atoms with Crippen LogP contribution in [0.15, 0.2) is 35.1 Å². The Labute approximate surface area is 168 Å². The van der Waals surface area contributed by atoms with Crippen LogP contribution in [-0.2, 0) is 22.4 Å². The maximum absolute atomic E-state index is 13.7. The van der Waals surface area contributed by atoms with Crippen LogP contribution >= 0.6 is 11.3 Å². The molecule has 4 rings (SSSR count). The molecule has 1 aliphatic rings. The fraction of sp³-hybridized carbons (Fsp3) is 0.409. The molecule has 5 nitrogen and oxygen atoms in total. The third-order valence-electron chi connectivity index (χ3n) is 5.31. The summed E-state index contributed by atoms with van der Waals surface area (Å²) in [6.07, 6.45) is 4.63. The number of carbonyl (C=O) groups is 1. The molecule has 0 saturated heterocycles. The van der Waals surface area contributed by atoms with Gasteiger partial charge in [-0.1, -0.05) is 37.3 Å². The highest BCUT2D eigenvalue weighted by Crippen LogP contribution is 2.35. The minimum atomic E-state index is -0.682. The number of thiophene rings is 1. The summed E-state index contributed by atoms with van der Waals surface area (Å²) in [7, 11) is 0. The molecule has 1 aromatic carbocycles. The molecule has 0 radical (unpaired) electrons. The van der Waals surface area contributed by atoms with Crippen molar-refractivity contribution in [2.24, 2.45) is 0 Å². The molecule has 0 N–H and O–H groups in total. The maximum Gasteiger partial charge on any atom is 0.329 e. The molecule has 0 fully saturated rings. The monoisotopic (exact) mass is 396 g/mol. The highest BCUT2D eigenvalue weighted by atomic mass is 32.1. The van der Waals surface area contributed by atoms with Crippen LogP contribution in [0.2, 0.25) is 0 Å². The Balaban J connectivity index is 2.03. The third kappa shape index (κ3) is 3.15. The Morgan fingerprint density at radius 1 is 1.21 bits per heavy atom. The quantitative estimate of drug-likeness (QED) is 0.595. The largest absolute Gasteiger partial charge is 0.464 e. The lowest BCUT2D eigenvalue weighted by molar-refractivity contribution is -0.147. The van der Waals surface area contributed by atoms with Crippen LogP contribution in [0.1, 0.15) is 49.6 Å². The van der Waals surface area contributed by atoms with E-state index in [4.69, 9.17) is 9.72 Å². The van der Waals surface area contributed by atoms with Crippen molar-refractivity contribution in [1.29, 1.82) is 0 Å². The molecular formula is C22H24N2O3S. The van der Waals surface area contributed by atoms with Gasteiger partial charge < -0.3 is 4.74 Å². The molecule has 2 aromatic heterocycles. The van der Waals surface area contributed by atoms with Crippen LogP contribution in [0.5, 0.6) is 0 Å². The SMILES string of the molecule is CCOC(=O)C(CC)n1c(-c2ccccc2)nc2sc3c(c2c1=O)CCCC3. The first-order valence-corrected chi connectivity index (χ1v) is 10.8. The van der Waals surface area contributed by atoms with Crippen LogP contribution in [0.25, 0.3) is 21.6 Å². The number of hydrogen-bond acceptors (Lipinski definition) is 5. The molecule has 3 aromatic rings. The van der Waals surface area contributed by atoms with Gasteiger partial charge in [0.2, 0.25) is 0 Å². The van der Waals surface area contributed by atoms with Gasteiger partial charge in [0.15, 0.2) is 0 Å². The normalized spacial score (nSPS) is 14.6. The van der Waals surface area contributed by atoms with E-state index in [-0.39, 0.29) is 18.1 Å². The highest BCUT2D eigenvalue weighted by molar-refractivity contribution is 7.18. The number of aryl methyl sites for hydroxylation is 2. The van der Waals surface area contributed by atoms with Crippen molar-refractivity contribution in [2.75, 3.05) is 6.61 Å². The second-order valence-electron chi connectivity index (χ2n) is 7.04. The average Bonchev–Trinajstić information content (AvgIpc) is 3.09. The molecule has 0 amide bonds. The fourth-order valence-corrected chi connectivity index (χ4v) is 5.24. The van der Waals surface area contributed by atoms with Gasteiger partial charge in [-0.2, -0.15) is 0 Å².